The molecule has 1 spiro atoms. The van der Waals surface area contributed by atoms with E-state index in [2.05, 4.69) is 13.8 Å². The van der Waals surface area contributed by atoms with Crippen LogP contribution in [0, 0.1) is 5.41 Å². The van der Waals surface area contributed by atoms with Crippen LogP contribution in [0.25, 0.3) is 0 Å². The summed E-state index contributed by atoms with van der Waals surface area (Å²) in [6.07, 6.45) is 1.97. The average Bonchev–Trinajstić information content (AvgIpc) is 2.37. The molecule has 4 heteroatoms. The Hall–Kier alpha value is -0.870. The van der Waals surface area contributed by atoms with E-state index < -0.39 is 0 Å². The lowest BCUT2D eigenvalue weighted by Gasteiger charge is -2.48. The number of fused-ring (bicyclic) bond motifs is 1. The van der Waals surface area contributed by atoms with Gasteiger partial charge in [0, 0.05) is 23.8 Å². The summed E-state index contributed by atoms with van der Waals surface area (Å²) in [4.78, 5) is 0. The Bertz CT molecular complexity index is 517. The van der Waals surface area contributed by atoms with Gasteiger partial charge in [-0.3, -0.25) is 0 Å². The van der Waals surface area contributed by atoms with Crippen LogP contribution in [0.3, 0.4) is 0 Å². The second-order valence-corrected chi connectivity index (χ2v) is 7.82. The van der Waals surface area contributed by atoms with Crippen molar-refractivity contribution >= 4 is 11.8 Å². The van der Waals surface area contributed by atoms with E-state index in [-0.39, 0.29) is 11.6 Å². The topological polar surface area (TPSA) is 44.5 Å². The first kappa shape index (κ1) is 14.1. The summed E-state index contributed by atoms with van der Waals surface area (Å²) in [7, 11) is 1.68. The molecule has 1 aromatic carbocycles. The molecule has 1 aromatic rings. The van der Waals surface area contributed by atoms with Crippen molar-refractivity contribution in [2.75, 3.05) is 18.6 Å². The maximum absolute atomic E-state index is 6.42. The van der Waals surface area contributed by atoms with E-state index in [4.69, 9.17) is 15.2 Å². The molecule has 110 valence electrons. The Balaban J connectivity index is 1.92. The highest BCUT2D eigenvalue weighted by Crippen LogP contribution is 2.49. The van der Waals surface area contributed by atoms with Gasteiger partial charge in [0.25, 0.3) is 0 Å². The number of benzene rings is 1. The number of nitrogens with two attached hydrogens (primary N) is 1. The van der Waals surface area contributed by atoms with Gasteiger partial charge >= 0.3 is 0 Å². The first-order valence-corrected chi connectivity index (χ1v) is 8.29. The van der Waals surface area contributed by atoms with Gasteiger partial charge in [-0.1, -0.05) is 13.8 Å². The number of ether oxygens (including phenoxy) is 2. The molecule has 1 saturated heterocycles. The van der Waals surface area contributed by atoms with Crippen LogP contribution < -0.4 is 15.2 Å². The average molecular weight is 293 g/mol. The number of methoxy groups -OCH3 is 1. The molecule has 0 bridgehead atoms. The largest absolute Gasteiger partial charge is 0.497 e. The first-order valence-electron chi connectivity index (χ1n) is 7.13. The molecule has 0 amide bonds. The van der Waals surface area contributed by atoms with Crippen LogP contribution in [0.15, 0.2) is 18.2 Å². The summed E-state index contributed by atoms with van der Waals surface area (Å²) < 4.78 is 11.7. The van der Waals surface area contributed by atoms with Gasteiger partial charge in [-0.05, 0) is 35.8 Å². The van der Waals surface area contributed by atoms with Crippen LogP contribution in [0.2, 0.25) is 0 Å². The van der Waals surface area contributed by atoms with E-state index in [9.17, 15) is 0 Å². The van der Waals surface area contributed by atoms with Gasteiger partial charge in [-0.25, -0.2) is 0 Å². The smallest absolute Gasteiger partial charge is 0.125 e. The van der Waals surface area contributed by atoms with Crippen molar-refractivity contribution < 1.29 is 9.47 Å². The van der Waals surface area contributed by atoms with Crippen LogP contribution in [0.1, 0.15) is 38.3 Å². The fraction of sp³-hybridized carbons (Fsp3) is 0.625. The normalized spacial score (nSPS) is 31.5. The van der Waals surface area contributed by atoms with Crippen LogP contribution in [0.5, 0.6) is 11.5 Å². The summed E-state index contributed by atoms with van der Waals surface area (Å²) in [6, 6.07) is 5.99. The molecule has 0 saturated carbocycles. The highest BCUT2D eigenvalue weighted by Gasteiger charge is 2.46. The Labute approximate surface area is 125 Å². The fourth-order valence-corrected chi connectivity index (χ4v) is 4.91. The molecule has 2 N–H and O–H groups in total. The maximum Gasteiger partial charge on any atom is 0.125 e. The molecule has 0 aromatic heterocycles. The van der Waals surface area contributed by atoms with Crippen molar-refractivity contribution in [1.29, 1.82) is 0 Å². The molecule has 3 nitrogen and oxygen atoms in total. The van der Waals surface area contributed by atoms with Crippen molar-refractivity contribution in [3.05, 3.63) is 23.8 Å². The van der Waals surface area contributed by atoms with Gasteiger partial charge in [0.2, 0.25) is 0 Å². The van der Waals surface area contributed by atoms with Crippen LogP contribution in [0.4, 0.5) is 0 Å². The lowest BCUT2D eigenvalue weighted by Crippen LogP contribution is -2.51. The van der Waals surface area contributed by atoms with Crippen LogP contribution >= 0.6 is 11.8 Å². The Kier molecular flexibility index (Phi) is 3.41. The molecule has 2 heterocycles. The first-order chi connectivity index (χ1) is 9.43. The van der Waals surface area contributed by atoms with Crippen molar-refractivity contribution in [3.8, 4) is 11.5 Å². The summed E-state index contributed by atoms with van der Waals surface area (Å²) in [6.45, 7) is 4.64. The molecule has 20 heavy (non-hydrogen) atoms. The summed E-state index contributed by atoms with van der Waals surface area (Å²) in [5, 5.41) is 0. The van der Waals surface area contributed by atoms with E-state index in [0.29, 0.717) is 5.41 Å². The zero-order chi connectivity index (χ0) is 14.4. The van der Waals surface area contributed by atoms with Gasteiger partial charge in [0.05, 0.1) is 7.11 Å². The molecule has 2 atom stereocenters. The molecular formula is C16H23NO2S. The lowest BCUT2D eigenvalue weighted by atomic mass is 9.76. The van der Waals surface area contributed by atoms with E-state index in [0.717, 1.165) is 35.7 Å². The Morgan fingerprint density at radius 3 is 2.85 bits per heavy atom. The van der Waals surface area contributed by atoms with Crippen molar-refractivity contribution in [3.63, 3.8) is 0 Å². The summed E-state index contributed by atoms with van der Waals surface area (Å²) >= 11 is 1.99. The van der Waals surface area contributed by atoms with E-state index in [1.54, 1.807) is 7.11 Å². The van der Waals surface area contributed by atoms with Crippen molar-refractivity contribution in [1.82, 2.24) is 0 Å². The second-order valence-electron chi connectivity index (χ2n) is 6.83. The van der Waals surface area contributed by atoms with Crippen LogP contribution in [-0.4, -0.2) is 24.2 Å². The van der Waals surface area contributed by atoms with E-state index in [1.165, 1.54) is 5.75 Å². The predicted molar refractivity (Wildman–Crippen MR) is 83.6 cm³/mol. The molecule has 0 aliphatic carbocycles. The third kappa shape index (κ3) is 2.51. The third-order valence-corrected chi connectivity index (χ3v) is 5.91. The lowest BCUT2D eigenvalue weighted by molar-refractivity contribution is 0.0165. The predicted octanol–water partition coefficient (Wildman–Crippen LogP) is 3.38. The van der Waals surface area contributed by atoms with Crippen molar-refractivity contribution in [2.24, 2.45) is 11.1 Å². The fourth-order valence-electron chi connectivity index (χ4n) is 3.51. The third-order valence-electron chi connectivity index (χ3n) is 4.19. The number of thioether (sulfide) groups is 1. The number of rotatable bonds is 1. The summed E-state index contributed by atoms with van der Waals surface area (Å²) in [5.74, 6) is 4.01. The van der Waals surface area contributed by atoms with Crippen LogP contribution in [-0.2, 0) is 0 Å². The van der Waals surface area contributed by atoms with Crippen molar-refractivity contribution in [2.45, 2.75) is 38.3 Å². The number of hydrogen-bond donors (Lipinski definition) is 1. The molecular weight excluding hydrogens is 270 g/mol. The van der Waals surface area contributed by atoms with Gasteiger partial charge in [-0.2, -0.15) is 11.8 Å². The number of hydrogen-bond acceptors (Lipinski definition) is 4. The van der Waals surface area contributed by atoms with Gasteiger partial charge in [0.1, 0.15) is 17.1 Å². The zero-order valence-electron chi connectivity index (χ0n) is 12.4. The maximum atomic E-state index is 6.42. The molecule has 3 rings (SSSR count). The monoisotopic (exact) mass is 293 g/mol. The standard InChI is InChI=1S/C16H23NO2S/c1-15(2)8-16(10-20-9-15)7-13(17)12-6-11(18-3)4-5-14(12)19-16/h4-6,13H,7-10,17H2,1-3H3/t13-,16?/m1/s1. The van der Waals surface area contributed by atoms with Gasteiger partial charge in [0.15, 0.2) is 0 Å². The quantitative estimate of drug-likeness (QED) is 0.862. The molecule has 1 unspecified atom stereocenters. The second kappa shape index (κ2) is 4.85. The SMILES string of the molecule is COc1ccc2c(c1)[C@H](N)CC1(CSCC(C)(C)C1)O2. The molecule has 2 aliphatic heterocycles. The minimum absolute atomic E-state index is 0.0309. The molecule has 2 aliphatic rings. The molecule has 0 radical (unpaired) electrons. The van der Waals surface area contributed by atoms with E-state index in [1.807, 2.05) is 30.0 Å². The summed E-state index contributed by atoms with van der Waals surface area (Å²) in [5.41, 5.74) is 7.70. The highest BCUT2D eigenvalue weighted by molar-refractivity contribution is 7.99. The Morgan fingerprint density at radius 1 is 1.35 bits per heavy atom. The highest BCUT2D eigenvalue weighted by atomic mass is 32.2. The van der Waals surface area contributed by atoms with E-state index >= 15 is 0 Å². The minimum atomic E-state index is -0.104. The zero-order valence-corrected chi connectivity index (χ0v) is 13.3. The minimum Gasteiger partial charge on any atom is -0.497 e. The Morgan fingerprint density at radius 2 is 2.15 bits per heavy atom. The van der Waals surface area contributed by atoms with Gasteiger partial charge in [-0.15, -0.1) is 0 Å². The van der Waals surface area contributed by atoms with Gasteiger partial charge < -0.3 is 15.2 Å². The molecule has 1 fully saturated rings.